The standard InChI is InChI=1S/C17H22F3N5O2S2.HI/c1-3-22-16(24-9-15-25-14(10-28-15)17(18,19)20)23-8-12-4-6-13(7-5-12)11-29(26,27)21-2;/h4-7,10,21H,3,8-9,11H2,1-2H3,(H2,22,23,24);1H. The third-order valence-electron chi connectivity index (χ3n) is 3.70. The summed E-state index contributed by atoms with van der Waals surface area (Å²) in [5.74, 6) is 0.337. The number of nitrogens with one attached hydrogen (secondary N) is 3. The predicted octanol–water partition coefficient (Wildman–Crippen LogP) is 3.08. The van der Waals surface area contributed by atoms with Gasteiger partial charge in [0.15, 0.2) is 11.7 Å². The van der Waals surface area contributed by atoms with Gasteiger partial charge in [0.1, 0.15) is 5.01 Å². The maximum absolute atomic E-state index is 12.6. The van der Waals surface area contributed by atoms with Gasteiger partial charge in [-0.25, -0.2) is 23.1 Å². The Kier molecular flexibility index (Phi) is 10.5. The minimum absolute atomic E-state index is 0. The van der Waals surface area contributed by atoms with E-state index >= 15 is 0 Å². The van der Waals surface area contributed by atoms with Gasteiger partial charge in [0.05, 0.1) is 18.8 Å². The van der Waals surface area contributed by atoms with Crippen molar-refractivity contribution in [2.24, 2.45) is 4.99 Å². The number of hydrogen-bond acceptors (Lipinski definition) is 5. The molecule has 1 aromatic heterocycles. The first-order valence-corrected chi connectivity index (χ1v) is 11.2. The van der Waals surface area contributed by atoms with Gasteiger partial charge in [0.25, 0.3) is 0 Å². The summed E-state index contributed by atoms with van der Waals surface area (Å²) in [7, 11) is -1.97. The Hall–Kier alpha value is -1.45. The van der Waals surface area contributed by atoms with Crippen molar-refractivity contribution in [3.63, 3.8) is 0 Å². The largest absolute Gasteiger partial charge is 0.434 e. The maximum Gasteiger partial charge on any atom is 0.434 e. The Balaban J connectivity index is 0.00000450. The van der Waals surface area contributed by atoms with Gasteiger partial charge in [-0.05, 0) is 25.1 Å². The summed E-state index contributed by atoms with van der Waals surface area (Å²) in [5.41, 5.74) is 0.615. The summed E-state index contributed by atoms with van der Waals surface area (Å²) >= 11 is 0.928. The van der Waals surface area contributed by atoms with Crippen molar-refractivity contribution >= 4 is 51.3 Å². The summed E-state index contributed by atoms with van der Waals surface area (Å²) in [6.07, 6.45) is -4.45. The van der Waals surface area contributed by atoms with Crippen LogP contribution in [0, 0.1) is 0 Å². The summed E-state index contributed by atoms with van der Waals surface area (Å²) in [4.78, 5) is 7.97. The minimum atomic E-state index is -4.45. The normalized spacial score (nSPS) is 12.4. The lowest BCUT2D eigenvalue weighted by atomic mass is 10.1. The number of halogens is 4. The number of guanidine groups is 1. The fourth-order valence-corrected chi connectivity index (χ4v) is 3.74. The summed E-state index contributed by atoms with van der Waals surface area (Å²) in [6, 6.07) is 7.00. The summed E-state index contributed by atoms with van der Waals surface area (Å²) < 4.78 is 63.3. The number of hydrogen-bond donors (Lipinski definition) is 3. The first-order valence-electron chi connectivity index (χ1n) is 8.65. The fourth-order valence-electron chi connectivity index (χ4n) is 2.23. The third kappa shape index (κ3) is 8.73. The van der Waals surface area contributed by atoms with Gasteiger partial charge < -0.3 is 10.6 Å². The lowest BCUT2D eigenvalue weighted by Crippen LogP contribution is -2.36. The van der Waals surface area contributed by atoms with E-state index in [1.165, 1.54) is 7.05 Å². The van der Waals surface area contributed by atoms with E-state index in [9.17, 15) is 21.6 Å². The first-order chi connectivity index (χ1) is 13.6. The van der Waals surface area contributed by atoms with E-state index in [-0.39, 0.29) is 36.3 Å². The van der Waals surface area contributed by atoms with Crippen LogP contribution >= 0.6 is 35.3 Å². The van der Waals surface area contributed by atoms with Crippen LogP contribution in [0.5, 0.6) is 0 Å². The second-order valence-corrected chi connectivity index (χ2v) is 8.82. The highest BCUT2D eigenvalue weighted by Crippen LogP contribution is 2.29. The SMILES string of the molecule is CCNC(=NCc1ccc(CS(=O)(=O)NC)cc1)NCc1nc(C(F)(F)F)cs1.I. The number of thiazole rings is 1. The molecule has 0 bridgehead atoms. The van der Waals surface area contributed by atoms with Gasteiger partial charge >= 0.3 is 6.18 Å². The number of alkyl halides is 3. The van der Waals surface area contributed by atoms with Crippen LogP contribution in [0.15, 0.2) is 34.6 Å². The van der Waals surface area contributed by atoms with Crippen molar-refractivity contribution in [3.8, 4) is 0 Å². The number of aliphatic imine (C=N–C) groups is 1. The van der Waals surface area contributed by atoms with Gasteiger partial charge in [-0.3, -0.25) is 0 Å². The molecule has 0 fully saturated rings. The van der Waals surface area contributed by atoms with Gasteiger partial charge in [0, 0.05) is 11.9 Å². The predicted molar refractivity (Wildman–Crippen MR) is 122 cm³/mol. The molecule has 13 heteroatoms. The second-order valence-electron chi connectivity index (χ2n) is 5.95. The Morgan fingerprint density at radius 3 is 2.33 bits per heavy atom. The topological polar surface area (TPSA) is 95.5 Å². The summed E-state index contributed by atoms with van der Waals surface area (Å²) in [5, 5.41) is 7.26. The zero-order valence-electron chi connectivity index (χ0n) is 16.3. The van der Waals surface area contributed by atoms with Crippen molar-refractivity contribution in [1.29, 1.82) is 0 Å². The molecular formula is C17H23F3IN5O2S2. The lowest BCUT2D eigenvalue weighted by Gasteiger charge is -2.10. The molecule has 0 aliphatic rings. The molecule has 0 saturated heterocycles. The van der Waals surface area contributed by atoms with Crippen molar-refractivity contribution in [3.05, 3.63) is 51.5 Å². The zero-order chi connectivity index (χ0) is 21.5. The molecule has 168 valence electrons. The Bertz CT molecular complexity index is 932. The van der Waals surface area contributed by atoms with Crippen molar-refractivity contribution in [2.45, 2.75) is 31.9 Å². The first kappa shape index (κ1) is 26.6. The van der Waals surface area contributed by atoms with Crippen LogP contribution in [-0.2, 0) is 35.0 Å². The van der Waals surface area contributed by atoms with Gasteiger partial charge in [0.2, 0.25) is 10.0 Å². The van der Waals surface area contributed by atoms with Crippen LogP contribution in [0.4, 0.5) is 13.2 Å². The van der Waals surface area contributed by atoms with E-state index < -0.39 is 21.9 Å². The molecule has 2 rings (SSSR count). The van der Waals surface area contributed by atoms with E-state index in [1.54, 1.807) is 24.3 Å². The molecule has 0 saturated carbocycles. The number of sulfonamides is 1. The van der Waals surface area contributed by atoms with Crippen LogP contribution < -0.4 is 15.4 Å². The molecular weight excluding hydrogens is 554 g/mol. The van der Waals surface area contributed by atoms with Crippen LogP contribution in [0.2, 0.25) is 0 Å². The van der Waals surface area contributed by atoms with Crippen LogP contribution in [-0.4, -0.2) is 33.0 Å². The van der Waals surface area contributed by atoms with E-state index in [2.05, 4.69) is 25.3 Å². The highest BCUT2D eigenvalue weighted by molar-refractivity contribution is 14.0. The van der Waals surface area contributed by atoms with Gasteiger partial charge in [-0.1, -0.05) is 24.3 Å². The maximum atomic E-state index is 12.6. The summed E-state index contributed by atoms with van der Waals surface area (Å²) in [6.45, 7) is 2.89. The van der Waals surface area contributed by atoms with Crippen LogP contribution in [0.1, 0.15) is 28.8 Å². The number of aromatic nitrogens is 1. The molecule has 0 spiro atoms. The lowest BCUT2D eigenvalue weighted by molar-refractivity contribution is -0.140. The molecule has 0 aliphatic carbocycles. The van der Waals surface area contributed by atoms with E-state index in [4.69, 9.17) is 0 Å². The molecule has 7 nitrogen and oxygen atoms in total. The molecule has 0 aliphatic heterocycles. The van der Waals surface area contributed by atoms with Gasteiger partial charge in [-0.2, -0.15) is 13.2 Å². The molecule has 1 aromatic carbocycles. The molecule has 3 N–H and O–H groups in total. The zero-order valence-corrected chi connectivity index (χ0v) is 20.2. The quantitative estimate of drug-likeness (QED) is 0.255. The van der Waals surface area contributed by atoms with Crippen LogP contribution in [0.25, 0.3) is 0 Å². The third-order valence-corrected chi connectivity index (χ3v) is 5.89. The Morgan fingerprint density at radius 1 is 1.17 bits per heavy atom. The van der Waals surface area contributed by atoms with E-state index in [1.807, 2.05) is 6.92 Å². The monoisotopic (exact) mass is 577 g/mol. The molecule has 0 atom stereocenters. The fraction of sp³-hybridized carbons (Fsp3) is 0.412. The molecule has 30 heavy (non-hydrogen) atoms. The van der Waals surface area contributed by atoms with E-state index in [0.29, 0.717) is 29.6 Å². The Morgan fingerprint density at radius 2 is 1.80 bits per heavy atom. The molecule has 0 unspecified atom stereocenters. The Labute approximate surface area is 194 Å². The van der Waals surface area contributed by atoms with Gasteiger partial charge in [-0.15, -0.1) is 35.3 Å². The molecule has 0 radical (unpaired) electrons. The number of nitrogens with zero attached hydrogens (tertiary/aromatic N) is 2. The molecule has 2 aromatic rings. The minimum Gasteiger partial charge on any atom is -0.357 e. The van der Waals surface area contributed by atoms with Crippen molar-refractivity contribution in [1.82, 2.24) is 20.3 Å². The average molecular weight is 577 g/mol. The van der Waals surface area contributed by atoms with E-state index in [0.717, 1.165) is 22.3 Å². The average Bonchev–Trinajstić information content (AvgIpc) is 3.14. The highest BCUT2D eigenvalue weighted by atomic mass is 127. The molecule has 1 heterocycles. The number of benzene rings is 1. The number of rotatable bonds is 8. The van der Waals surface area contributed by atoms with Crippen molar-refractivity contribution in [2.75, 3.05) is 13.6 Å². The second kappa shape index (κ2) is 11.8. The van der Waals surface area contributed by atoms with Crippen molar-refractivity contribution < 1.29 is 21.6 Å². The molecule has 0 amide bonds. The smallest absolute Gasteiger partial charge is 0.357 e. The van der Waals surface area contributed by atoms with Crippen LogP contribution in [0.3, 0.4) is 0 Å². The highest BCUT2D eigenvalue weighted by Gasteiger charge is 2.33.